The standard InChI is InChI=1S/C18H12N5.C7H6O2.C4H10O2.Co/c1-2-8-14-13(7-1)17(21-15-9-3-5-11-19-15)23-18(14)22-16-10-4-6-12-20-16;8-7(9)6-4-2-1-3-5-6;1-4(2,3)6-5;/h1-12H;1-5H,(H,8,9);5H,1-3H3;/q-1;;;. The summed E-state index contributed by atoms with van der Waals surface area (Å²) in [6.07, 6.45) is 3.42. The molecule has 4 aromatic rings. The second-order valence-corrected chi connectivity index (χ2v) is 8.78. The average Bonchev–Trinajstić information content (AvgIpc) is 3.27. The van der Waals surface area contributed by atoms with Crippen LogP contribution in [0.4, 0.5) is 11.6 Å². The Hall–Kier alpha value is -4.22. The van der Waals surface area contributed by atoms with Gasteiger partial charge in [-0.15, -0.1) is 0 Å². The van der Waals surface area contributed by atoms with E-state index in [1.165, 1.54) is 0 Å². The molecule has 5 rings (SSSR count). The molecule has 203 valence electrons. The maximum Gasteiger partial charge on any atom is 0.335 e. The number of benzene rings is 2. The van der Waals surface area contributed by atoms with Gasteiger partial charge in [0.25, 0.3) is 0 Å². The summed E-state index contributed by atoms with van der Waals surface area (Å²) in [5.41, 5.74) is 1.83. The van der Waals surface area contributed by atoms with Crippen molar-refractivity contribution in [2.45, 2.75) is 26.4 Å². The molecular formula is C29H28CoN5O4-. The molecule has 0 aliphatic carbocycles. The van der Waals surface area contributed by atoms with E-state index in [-0.39, 0.29) is 16.8 Å². The number of hydrogen-bond donors (Lipinski definition) is 2. The molecule has 0 fully saturated rings. The molecule has 1 aliphatic heterocycles. The van der Waals surface area contributed by atoms with Gasteiger partial charge in [-0.25, -0.2) is 9.68 Å². The van der Waals surface area contributed by atoms with E-state index >= 15 is 0 Å². The van der Waals surface area contributed by atoms with Gasteiger partial charge in [0, 0.05) is 40.8 Å². The quantitative estimate of drug-likeness (QED) is 0.209. The van der Waals surface area contributed by atoms with Gasteiger partial charge < -0.3 is 20.4 Å². The zero-order valence-electron chi connectivity index (χ0n) is 21.6. The monoisotopic (exact) mass is 569 g/mol. The Kier molecular flexibility index (Phi) is 12.1. The van der Waals surface area contributed by atoms with Crippen molar-refractivity contribution in [1.82, 2.24) is 9.97 Å². The molecule has 3 heterocycles. The Bertz CT molecular complexity index is 1300. The first-order valence-electron chi connectivity index (χ1n) is 11.7. The van der Waals surface area contributed by atoms with Crippen molar-refractivity contribution in [2.75, 3.05) is 0 Å². The summed E-state index contributed by atoms with van der Waals surface area (Å²) in [5, 5.41) is 20.9. The van der Waals surface area contributed by atoms with Crippen LogP contribution in [0.3, 0.4) is 0 Å². The molecule has 0 unspecified atom stereocenters. The zero-order valence-corrected chi connectivity index (χ0v) is 22.6. The number of amidine groups is 2. The number of fused-ring (bicyclic) bond motifs is 1. The maximum absolute atomic E-state index is 10.2. The van der Waals surface area contributed by atoms with Gasteiger partial charge in [-0.1, -0.05) is 54.6 Å². The summed E-state index contributed by atoms with van der Waals surface area (Å²) < 4.78 is 0. The van der Waals surface area contributed by atoms with Crippen LogP contribution in [0, 0.1) is 0 Å². The van der Waals surface area contributed by atoms with Crippen LogP contribution in [0.25, 0.3) is 5.32 Å². The van der Waals surface area contributed by atoms with Crippen molar-refractivity contribution in [3.05, 3.63) is 125 Å². The normalized spacial score (nSPS) is 13.5. The molecule has 0 saturated carbocycles. The third-order valence-corrected chi connectivity index (χ3v) is 4.65. The number of carboxylic acid groups (broad SMARTS) is 1. The van der Waals surface area contributed by atoms with Crippen LogP contribution in [-0.4, -0.2) is 43.6 Å². The number of rotatable bonds is 3. The number of carbonyl (C=O) groups is 1. The molecule has 2 aromatic heterocycles. The minimum absolute atomic E-state index is 0. The predicted molar refractivity (Wildman–Crippen MR) is 148 cm³/mol. The fraction of sp³-hybridized carbons (Fsp3) is 0.138. The molecule has 0 saturated heterocycles. The van der Waals surface area contributed by atoms with Gasteiger partial charge in [-0.05, 0) is 68.3 Å². The third kappa shape index (κ3) is 10.2. The van der Waals surface area contributed by atoms with E-state index in [1.807, 2.05) is 60.7 Å². The van der Waals surface area contributed by atoms with E-state index in [1.54, 1.807) is 63.5 Å². The largest absolute Gasteiger partial charge is 0.478 e. The van der Waals surface area contributed by atoms with Gasteiger partial charge in [0.05, 0.1) is 22.8 Å². The van der Waals surface area contributed by atoms with Crippen molar-refractivity contribution in [2.24, 2.45) is 9.98 Å². The molecule has 9 nitrogen and oxygen atoms in total. The Balaban J connectivity index is 0.000000277. The second kappa shape index (κ2) is 15.3. The van der Waals surface area contributed by atoms with E-state index in [2.05, 4.69) is 30.2 Å². The molecule has 2 N–H and O–H groups in total. The first-order chi connectivity index (χ1) is 18.3. The summed E-state index contributed by atoms with van der Waals surface area (Å²) in [4.78, 5) is 31.6. The number of hydrogen-bond acceptors (Lipinski definition) is 7. The first-order valence-corrected chi connectivity index (χ1v) is 11.7. The van der Waals surface area contributed by atoms with Gasteiger partial charge in [0.15, 0.2) is 0 Å². The zero-order chi connectivity index (χ0) is 27.4. The first kappa shape index (κ1) is 31.0. The Morgan fingerprint density at radius 2 is 1.15 bits per heavy atom. The van der Waals surface area contributed by atoms with E-state index in [4.69, 9.17) is 10.4 Å². The SMILES string of the molecule is CC(C)(C)OO.O=C(O)c1ccccc1.[Co].c1ccc(/N=C2\[N-]/C(=N\c3ccccn3)c3ccccc32)nc1. The van der Waals surface area contributed by atoms with E-state index in [9.17, 15) is 4.79 Å². The van der Waals surface area contributed by atoms with Crippen LogP contribution in [0.2, 0.25) is 0 Å². The van der Waals surface area contributed by atoms with Gasteiger partial charge in [0.2, 0.25) is 0 Å². The summed E-state index contributed by atoms with van der Waals surface area (Å²) >= 11 is 0. The Morgan fingerprint density at radius 1 is 0.744 bits per heavy atom. The summed E-state index contributed by atoms with van der Waals surface area (Å²) in [7, 11) is 0. The van der Waals surface area contributed by atoms with Gasteiger partial charge >= 0.3 is 5.97 Å². The number of aliphatic imine (C=N–C) groups is 2. The molecule has 1 aliphatic rings. The van der Waals surface area contributed by atoms with Crippen LogP contribution >= 0.6 is 0 Å². The van der Waals surface area contributed by atoms with Crippen molar-refractivity contribution in [3.8, 4) is 0 Å². The topological polar surface area (TPSA) is 131 Å². The molecule has 2 aromatic carbocycles. The van der Waals surface area contributed by atoms with Crippen LogP contribution in [0.15, 0.2) is 113 Å². The Morgan fingerprint density at radius 3 is 1.49 bits per heavy atom. The minimum atomic E-state index is -0.879. The van der Waals surface area contributed by atoms with Crippen LogP contribution in [0.1, 0.15) is 42.3 Å². The van der Waals surface area contributed by atoms with Crippen molar-refractivity contribution < 1.29 is 36.8 Å². The van der Waals surface area contributed by atoms with Gasteiger partial charge in [-0.2, -0.15) is 0 Å². The number of aromatic nitrogens is 2. The summed E-state index contributed by atoms with van der Waals surface area (Å²) in [5.74, 6) is 1.61. The van der Waals surface area contributed by atoms with Crippen molar-refractivity contribution in [1.29, 1.82) is 0 Å². The number of pyridine rings is 2. The molecule has 39 heavy (non-hydrogen) atoms. The molecule has 0 amide bonds. The Labute approximate surface area is 237 Å². The van der Waals surface area contributed by atoms with Gasteiger partial charge in [-0.3, -0.25) is 15.2 Å². The molecule has 10 heteroatoms. The maximum atomic E-state index is 10.2. The summed E-state index contributed by atoms with van der Waals surface area (Å²) in [6, 6.07) is 27.4. The van der Waals surface area contributed by atoms with Crippen molar-refractivity contribution >= 4 is 29.3 Å². The number of carboxylic acids is 1. The van der Waals surface area contributed by atoms with E-state index in [0.717, 1.165) is 11.1 Å². The summed E-state index contributed by atoms with van der Waals surface area (Å²) in [6.45, 7) is 5.31. The fourth-order valence-corrected chi connectivity index (χ4v) is 2.90. The number of nitrogens with zero attached hydrogens (tertiary/aromatic N) is 5. The van der Waals surface area contributed by atoms with Gasteiger partial charge in [0.1, 0.15) is 0 Å². The molecule has 0 atom stereocenters. The third-order valence-electron chi connectivity index (χ3n) is 4.65. The van der Waals surface area contributed by atoms with E-state index < -0.39 is 11.6 Å². The molecule has 0 spiro atoms. The van der Waals surface area contributed by atoms with E-state index in [0.29, 0.717) is 28.9 Å². The van der Waals surface area contributed by atoms with Crippen LogP contribution in [-0.2, 0) is 21.7 Å². The average molecular weight is 570 g/mol. The molecular weight excluding hydrogens is 541 g/mol. The minimum Gasteiger partial charge on any atom is -0.478 e. The number of aromatic carboxylic acids is 1. The van der Waals surface area contributed by atoms with Crippen molar-refractivity contribution in [3.63, 3.8) is 0 Å². The molecule has 0 bridgehead atoms. The fourth-order valence-electron chi connectivity index (χ4n) is 2.90. The predicted octanol–water partition coefficient (Wildman–Crippen LogP) is 6.68. The molecule has 1 radical (unpaired) electrons. The van der Waals surface area contributed by atoms with Crippen LogP contribution in [0.5, 0.6) is 0 Å². The second-order valence-electron chi connectivity index (χ2n) is 8.78. The van der Waals surface area contributed by atoms with Crippen LogP contribution < -0.4 is 0 Å². The smallest absolute Gasteiger partial charge is 0.335 e.